The zero-order valence-corrected chi connectivity index (χ0v) is 13.8. The second-order valence-electron chi connectivity index (χ2n) is 5.49. The summed E-state index contributed by atoms with van der Waals surface area (Å²) in [7, 11) is 1.82. The van der Waals surface area contributed by atoms with Crippen molar-refractivity contribution in [2.24, 2.45) is 7.05 Å². The molecule has 0 aromatic carbocycles. The van der Waals surface area contributed by atoms with Gasteiger partial charge in [-0.05, 0) is 37.3 Å². The van der Waals surface area contributed by atoms with Crippen molar-refractivity contribution in [1.82, 2.24) is 14.7 Å². The first-order valence-electron chi connectivity index (χ1n) is 7.68. The van der Waals surface area contributed by atoms with Crippen molar-refractivity contribution in [1.29, 1.82) is 0 Å². The number of carbonyl (C=O) groups excluding carboxylic acids is 1. The molecular formula is C16H21N3O2S. The van der Waals surface area contributed by atoms with Crippen LogP contribution in [0.5, 0.6) is 0 Å². The standard InChI is InChI=1S/C16H21N3O2S/c1-3-19(11-12-6-4-8-21-12)16(20)14-10-13(17-18(14)2)15-7-5-9-22-15/h5,7,9-10,12H,3-4,6,8,11H2,1-2H3. The van der Waals surface area contributed by atoms with Gasteiger partial charge in [0, 0.05) is 26.7 Å². The molecule has 2 aromatic heterocycles. The summed E-state index contributed by atoms with van der Waals surface area (Å²) in [6, 6.07) is 5.89. The molecular weight excluding hydrogens is 298 g/mol. The number of ether oxygens (including phenoxy) is 1. The van der Waals surface area contributed by atoms with E-state index in [9.17, 15) is 4.79 Å². The number of hydrogen-bond acceptors (Lipinski definition) is 4. The number of aromatic nitrogens is 2. The molecule has 1 saturated heterocycles. The average molecular weight is 319 g/mol. The molecule has 1 fully saturated rings. The van der Waals surface area contributed by atoms with Gasteiger partial charge in [-0.2, -0.15) is 5.10 Å². The second kappa shape index (κ2) is 6.62. The van der Waals surface area contributed by atoms with Gasteiger partial charge in [0.1, 0.15) is 11.4 Å². The largest absolute Gasteiger partial charge is 0.376 e. The normalized spacial score (nSPS) is 17.8. The minimum absolute atomic E-state index is 0.0239. The van der Waals surface area contributed by atoms with E-state index in [4.69, 9.17) is 4.74 Å². The van der Waals surface area contributed by atoms with Gasteiger partial charge < -0.3 is 9.64 Å². The number of nitrogens with zero attached hydrogens (tertiary/aromatic N) is 3. The predicted octanol–water partition coefficient (Wildman–Crippen LogP) is 2.79. The average Bonchev–Trinajstić information content (AvgIpc) is 3.25. The monoisotopic (exact) mass is 319 g/mol. The Morgan fingerprint density at radius 3 is 3.09 bits per heavy atom. The van der Waals surface area contributed by atoms with Crippen molar-refractivity contribution in [2.75, 3.05) is 19.7 Å². The van der Waals surface area contributed by atoms with E-state index in [-0.39, 0.29) is 12.0 Å². The van der Waals surface area contributed by atoms with Crippen LogP contribution in [0, 0.1) is 0 Å². The molecule has 0 spiro atoms. The molecule has 1 unspecified atom stereocenters. The van der Waals surface area contributed by atoms with Crippen LogP contribution in [0.15, 0.2) is 23.6 Å². The van der Waals surface area contributed by atoms with Crippen molar-refractivity contribution < 1.29 is 9.53 Å². The van der Waals surface area contributed by atoms with Crippen molar-refractivity contribution in [3.05, 3.63) is 29.3 Å². The molecule has 0 aliphatic carbocycles. The highest BCUT2D eigenvalue weighted by atomic mass is 32.1. The smallest absolute Gasteiger partial charge is 0.272 e. The Morgan fingerprint density at radius 2 is 2.45 bits per heavy atom. The summed E-state index contributed by atoms with van der Waals surface area (Å²) in [6.45, 7) is 4.15. The number of carbonyl (C=O) groups is 1. The lowest BCUT2D eigenvalue weighted by molar-refractivity contribution is 0.0531. The van der Waals surface area contributed by atoms with E-state index in [2.05, 4.69) is 5.10 Å². The third kappa shape index (κ3) is 3.08. The van der Waals surface area contributed by atoms with Gasteiger partial charge >= 0.3 is 0 Å². The van der Waals surface area contributed by atoms with E-state index < -0.39 is 0 Å². The Labute approximate surface area is 134 Å². The van der Waals surface area contributed by atoms with Gasteiger partial charge in [-0.3, -0.25) is 9.48 Å². The van der Waals surface area contributed by atoms with Gasteiger partial charge in [-0.15, -0.1) is 11.3 Å². The molecule has 6 heteroatoms. The van der Waals surface area contributed by atoms with Crippen LogP contribution in [0.1, 0.15) is 30.3 Å². The predicted molar refractivity (Wildman–Crippen MR) is 87.1 cm³/mol. The third-order valence-corrected chi connectivity index (χ3v) is 4.88. The van der Waals surface area contributed by atoms with Crippen LogP contribution in [0.4, 0.5) is 0 Å². The van der Waals surface area contributed by atoms with Gasteiger partial charge in [0.2, 0.25) is 0 Å². The van der Waals surface area contributed by atoms with Gasteiger partial charge in [0.15, 0.2) is 0 Å². The molecule has 0 radical (unpaired) electrons. The molecule has 2 aromatic rings. The molecule has 0 bridgehead atoms. The van der Waals surface area contributed by atoms with Crippen molar-refractivity contribution in [3.63, 3.8) is 0 Å². The first kappa shape index (κ1) is 15.2. The Bertz CT molecular complexity index is 630. The zero-order chi connectivity index (χ0) is 15.5. The number of hydrogen-bond donors (Lipinski definition) is 0. The lowest BCUT2D eigenvalue weighted by atomic mass is 10.2. The van der Waals surface area contributed by atoms with Gasteiger partial charge in [-0.1, -0.05) is 6.07 Å². The number of aryl methyl sites for hydroxylation is 1. The van der Waals surface area contributed by atoms with Crippen LogP contribution in [0.2, 0.25) is 0 Å². The molecule has 1 amide bonds. The lowest BCUT2D eigenvalue weighted by Gasteiger charge is -2.23. The maximum absolute atomic E-state index is 12.8. The maximum Gasteiger partial charge on any atom is 0.272 e. The van der Waals surface area contributed by atoms with E-state index in [1.54, 1.807) is 16.0 Å². The highest BCUT2D eigenvalue weighted by Crippen LogP contribution is 2.24. The summed E-state index contributed by atoms with van der Waals surface area (Å²) in [4.78, 5) is 15.7. The topological polar surface area (TPSA) is 47.4 Å². The maximum atomic E-state index is 12.8. The molecule has 3 heterocycles. The highest BCUT2D eigenvalue weighted by molar-refractivity contribution is 7.13. The lowest BCUT2D eigenvalue weighted by Crippen LogP contribution is -2.38. The summed E-state index contributed by atoms with van der Waals surface area (Å²) >= 11 is 1.63. The van der Waals surface area contributed by atoms with E-state index in [1.165, 1.54) is 0 Å². The third-order valence-electron chi connectivity index (χ3n) is 3.99. The Balaban J connectivity index is 1.78. The molecule has 22 heavy (non-hydrogen) atoms. The fourth-order valence-electron chi connectivity index (χ4n) is 2.76. The summed E-state index contributed by atoms with van der Waals surface area (Å²) in [5.41, 5.74) is 1.48. The Morgan fingerprint density at radius 1 is 1.59 bits per heavy atom. The first-order valence-corrected chi connectivity index (χ1v) is 8.55. The highest BCUT2D eigenvalue weighted by Gasteiger charge is 2.24. The van der Waals surface area contributed by atoms with E-state index >= 15 is 0 Å². The van der Waals surface area contributed by atoms with Crippen molar-refractivity contribution in [2.45, 2.75) is 25.9 Å². The zero-order valence-electron chi connectivity index (χ0n) is 13.0. The van der Waals surface area contributed by atoms with Gasteiger partial charge in [-0.25, -0.2) is 0 Å². The summed E-state index contributed by atoms with van der Waals surface area (Å²) < 4.78 is 7.33. The SMILES string of the molecule is CCN(CC1CCCO1)C(=O)c1cc(-c2cccs2)nn1C. The molecule has 1 aliphatic heterocycles. The first-order chi connectivity index (χ1) is 10.7. The van der Waals surface area contributed by atoms with Gasteiger partial charge in [0.25, 0.3) is 5.91 Å². The molecule has 118 valence electrons. The van der Waals surface area contributed by atoms with Crippen LogP contribution >= 0.6 is 11.3 Å². The van der Waals surface area contributed by atoms with Crippen LogP contribution < -0.4 is 0 Å². The van der Waals surface area contributed by atoms with Crippen LogP contribution in [0.25, 0.3) is 10.6 Å². The molecule has 3 rings (SSSR count). The minimum Gasteiger partial charge on any atom is -0.376 e. The fourth-order valence-corrected chi connectivity index (χ4v) is 3.45. The molecule has 0 N–H and O–H groups in total. The van der Waals surface area contributed by atoms with E-state index in [0.717, 1.165) is 30.0 Å². The second-order valence-corrected chi connectivity index (χ2v) is 6.44. The minimum atomic E-state index is 0.0239. The van der Waals surface area contributed by atoms with Crippen molar-refractivity contribution in [3.8, 4) is 10.6 Å². The van der Waals surface area contributed by atoms with Crippen LogP contribution in [0.3, 0.4) is 0 Å². The number of thiophene rings is 1. The number of amides is 1. The van der Waals surface area contributed by atoms with E-state index in [0.29, 0.717) is 18.8 Å². The summed E-state index contributed by atoms with van der Waals surface area (Å²) in [5, 5.41) is 6.49. The molecule has 1 atom stereocenters. The Kier molecular flexibility index (Phi) is 4.59. The van der Waals surface area contributed by atoms with Crippen LogP contribution in [-0.2, 0) is 11.8 Å². The van der Waals surface area contributed by atoms with Gasteiger partial charge in [0.05, 0.1) is 11.0 Å². The number of rotatable bonds is 5. The number of likely N-dealkylation sites (N-methyl/N-ethyl adjacent to an activating group) is 1. The molecule has 0 saturated carbocycles. The van der Waals surface area contributed by atoms with E-state index in [1.807, 2.05) is 42.5 Å². The fraction of sp³-hybridized carbons (Fsp3) is 0.500. The molecule has 1 aliphatic rings. The van der Waals surface area contributed by atoms with Crippen molar-refractivity contribution >= 4 is 17.2 Å². The Hall–Kier alpha value is -1.66. The summed E-state index contributed by atoms with van der Waals surface area (Å²) in [6.07, 6.45) is 2.30. The quantitative estimate of drug-likeness (QED) is 0.851. The molecule has 5 nitrogen and oxygen atoms in total. The summed E-state index contributed by atoms with van der Waals surface area (Å²) in [5.74, 6) is 0.0239. The van der Waals surface area contributed by atoms with Crippen LogP contribution in [-0.4, -0.2) is 46.4 Å².